The molecule has 1 heteroatoms. The highest BCUT2D eigenvalue weighted by atomic mass is 16.3. The van der Waals surface area contributed by atoms with Gasteiger partial charge in [-0.1, -0.05) is 74.1 Å². The normalized spacial score (nSPS) is 44.4. The van der Waals surface area contributed by atoms with Gasteiger partial charge in [0.05, 0.1) is 6.10 Å². The Balaban J connectivity index is 0.000000757. The molecule has 4 aliphatic rings. The van der Waals surface area contributed by atoms with Gasteiger partial charge in [0.2, 0.25) is 0 Å². The molecule has 0 saturated heterocycles. The summed E-state index contributed by atoms with van der Waals surface area (Å²) in [6.07, 6.45) is 19.6. The van der Waals surface area contributed by atoms with Gasteiger partial charge in [0.25, 0.3) is 0 Å². The lowest BCUT2D eigenvalue weighted by atomic mass is 9.44. The maximum atomic E-state index is 10.2. The fourth-order valence-corrected chi connectivity index (χ4v) is 8.64. The summed E-state index contributed by atoms with van der Waals surface area (Å²) in [5.74, 6) is 4.81. The molecule has 4 fully saturated rings. The molecule has 0 aromatic rings. The second-order valence-corrected chi connectivity index (χ2v) is 11.3. The van der Waals surface area contributed by atoms with Crippen LogP contribution >= 0.6 is 0 Å². The summed E-state index contributed by atoms with van der Waals surface area (Å²) in [5, 5.41) is 10.2. The van der Waals surface area contributed by atoms with E-state index in [1.165, 1.54) is 77.0 Å². The minimum Gasteiger partial charge on any atom is -0.393 e. The van der Waals surface area contributed by atoms with Crippen molar-refractivity contribution in [1.29, 1.82) is 0 Å². The predicted octanol–water partition coefficient (Wildman–Crippen LogP) is 9.03. The van der Waals surface area contributed by atoms with Crippen molar-refractivity contribution in [3.63, 3.8) is 0 Å². The maximum Gasteiger partial charge on any atom is 0.0543 e. The molecule has 8 atom stereocenters. The molecule has 0 bridgehead atoms. The van der Waals surface area contributed by atoms with Crippen LogP contribution in [-0.2, 0) is 0 Å². The molecule has 0 heterocycles. The van der Waals surface area contributed by atoms with Crippen molar-refractivity contribution in [3.05, 3.63) is 0 Å². The summed E-state index contributed by atoms with van der Waals surface area (Å²) in [6, 6.07) is 0. The highest BCUT2D eigenvalue weighted by Crippen LogP contribution is 2.67. The Labute approximate surface area is 190 Å². The summed E-state index contributed by atoms with van der Waals surface area (Å²) in [5.41, 5.74) is 1.20. The van der Waals surface area contributed by atoms with Crippen LogP contribution in [0.5, 0.6) is 0 Å². The van der Waals surface area contributed by atoms with Crippen molar-refractivity contribution in [2.24, 2.45) is 40.4 Å². The first-order valence-corrected chi connectivity index (χ1v) is 14.2. The SMILES string of the molecule is CC.CC.CCCCCCC1CCC2C3CCC4CC(O)CCC4(C)C3CCC12C. The first-order chi connectivity index (χ1) is 14.5. The highest BCUT2D eigenvalue weighted by Gasteiger charge is 2.59. The molecule has 4 aliphatic carbocycles. The van der Waals surface area contributed by atoms with Crippen molar-refractivity contribution in [2.75, 3.05) is 0 Å². The van der Waals surface area contributed by atoms with E-state index in [-0.39, 0.29) is 6.10 Å². The van der Waals surface area contributed by atoms with E-state index < -0.39 is 0 Å². The highest BCUT2D eigenvalue weighted by molar-refractivity contribution is 5.09. The second-order valence-electron chi connectivity index (χ2n) is 11.3. The molecule has 0 radical (unpaired) electrons. The van der Waals surface area contributed by atoms with Gasteiger partial charge >= 0.3 is 0 Å². The van der Waals surface area contributed by atoms with Crippen LogP contribution in [0.1, 0.15) is 138 Å². The van der Waals surface area contributed by atoms with E-state index in [0.29, 0.717) is 10.8 Å². The molecule has 0 aromatic carbocycles. The number of unbranched alkanes of at least 4 members (excludes halogenated alkanes) is 3. The number of hydrogen-bond donors (Lipinski definition) is 1. The topological polar surface area (TPSA) is 20.2 Å². The van der Waals surface area contributed by atoms with Crippen LogP contribution in [0.3, 0.4) is 0 Å². The van der Waals surface area contributed by atoms with Crippen LogP contribution in [-0.4, -0.2) is 11.2 Å². The van der Waals surface area contributed by atoms with E-state index in [1.54, 1.807) is 0 Å². The van der Waals surface area contributed by atoms with Gasteiger partial charge in [-0.15, -0.1) is 0 Å². The lowest BCUT2D eigenvalue weighted by Crippen LogP contribution is -2.53. The molecule has 4 rings (SSSR count). The third kappa shape index (κ3) is 4.97. The zero-order valence-electron chi connectivity index (χ0n) is 21.8. The molecular formula is C29H56O. The number of aliphatic hydroxyl groups excluding tert-OH is 1. The zero-order chi connectivity index (χ0) is 22.4. The Kier molecular flexibility index (Phi) is 10.2. The molecule has 0 aromatic heterocycles. The molecule has 0 spiro atoms. The Morgan fingerprint density at radius 3 is 2.10 bits per heavy atom. The van der Waals surface area contributed by atoms with Gasteiger partial charge in [-0.05, 0) is 105 Å². The van der Waals surface area contributed by atoms with Gasteiger partial charge in [-0.3, -0.25) is 0 Å². The van der Waals surface area contributed by atoms with Crippen molar-refractivity contribution < 1.29 is 5.11 Å². The Bertz CT molecular complexity index is 487. The van der Waals surface area contributed by atoms with Crippen LogP contribution in [0.2, 0.25) is 0 Å². The molecule has 0 aliphatic heterocycles. The quantitative estimate of drug-likeness (QED) is 0.440. The minimum atomic E-state index is -0.00235. The first-order valence-electron chi connectivity index (χ1n) is 14.2. The minimum absolute atomic E-state index is 0.00235. The van der Waals surface area contributed by atoms with Crippen molar-refractivity contribution >= 4 is 0 Å². The van der Waals surface area contributed by atoms with Gasteiger partial charge < -0.3 is 5.11 Å². The van der Waals surface area contributed by atoms with Gasteiger partial charge in [0.15, 0.2) is 0 Å². The monoisotopic (exact) mass is 420 g/mol. The van der Waals surface area contributed by atoms with Gasteiger partial charge in [-0.25, -0.2) is 0 Å². The summed E-state index contributed by atoms with van der Waals surface area (Å²) in [6.45, 7) is 15.7. The van der Waals surface area contributed by atoms with Crippen LogP contribution in [0.15, 0.2) is 0 Å². The lowest BCUT2D eigenvalue weighted by Gasteiger charge is -2.61. The van der Waals surface area contributed by atoms with Crippen molar-refractivity contribution in [1.82, 2.24) is 0 Å². The molecule has 30 heavy (non-hydrogen) atoms. The lowest BCUT2D eigenvalue weighted by molar-refractivity contribution is -0.127. The molecule has 8 unspecified atom stereocenters. The van der Waals surface area contributed by atoms with Crippen LogP contribution in [0.4, 0.5) is 0 Å². The molecule has 1 N–H and O–H groups in total. The van der Waals surface area contributed by atoms with Crippen LogP contribution in [0.25, 0.3) is 0 Å². The number of fused-ring (bicyclic) bond motifs is 5. The second kappa shape index (κ2) is 11.7. The molecule has 0 amide bonds. The number of rotatable bonds is 5. The zero-order valence-corrected chi connectivity index (χ0v) is 21.8. The van der Waals surface area contributed by atoms with E-state index in [2.05, 4.69) is 20.8 Å². The Morgan fingerprint density at radius 2 is 1.40 bits per heavy atom. The molecule has 1 nitrogen and oxygen atoms in total. The third-order valence-corrected chi connectivity index (χ3v) is 10.2. The average Bonchev–Trinajstić information content (AvgIpc) is 3.11. The standard InChI is InChI=1S/C25H44O.2C2H6/c1-4-5-6-7-8-18-10-12-22-21-11-9-19-17-20(26)13-15-25(19,3)23(21)14-16-24(18,22)2;2*1-2/h18-23,26H,4-17H2,1-3H3;2*1-2H3. The third-order valence-electron chi connectivity index (χ3n) is 10.2. The Morgan fingerprint density at radius 1 is 0.733 bits per heavy atom. The summed E-state index contributed by atoms with van der Waals surface area (Å²) in [7, 11) is 0. The number of hydrogen-bond acceptors (Lipinski definition) is 1. The molecule has 4 saturated carbocycles. The maximum absolute atomic E-state index is 10.2. The fraction of sp³-hybridized carbons (Fsp3) is 1.00. The van der Waals surface area contributed by atoms with Gasteiger partial charge in [0.1, 0.15) is 0 Å². The van der Waals surface area contributed by atoms with E-state index in [4.69, 9.17) is 0 Å². The van der Waals surface area contributed by atoms with Crippen molar-refractivity contribution in [2.45, 2.75) is 144 Å². The summed E-state index contributed by atoms with van der Waals surface area (Å²) >= 11 is 0. The van der Waals surface area contributed by atoms with E-state index in [0.717, 1.165) is 42.4 Å². The fourth-order valence-electron chi connectivity index (χ4n) is 8.64. The average molecular weight is 421 g/mol. The first kappa shape index (κ1) is 26.2. The van der Waals surface area contributed by atoms with Crippen LogP contribution < -0.4 is 0 Å². The summed E-state index contributed by atoms with van der Waals surface area (Å²) in [4.78, 5) is 0. The van der Waals surface area contributed by atoms with Gasteiger partial charge in [-0.2, -0.15) is 0 Å². The van der Waals surface area contributed by atoms with E-state index in [9.17, 15) is 5.11 Å². The van der Waals surface area contributed by atoms with Crippen LogP contribution in [0, 0.1) is 40.4 Å². The smallest absolute Gasteiger partial charge is 0.0543 e. The van der Waals surface area contributed by atoms with Gasteiger partial charge in [0, 0.05) is 0 Å². The largest absolute Gasteiger partial charge is 0.393 e. The predicted molar refractivity (Wildman–Crippen MR) is 133 cm³/mol. The Hall–Kier alpha value is -0.0400. The van der Waals surface area contributed by atoms with E-state index >= 15 is 0 Å². The molecule has 178 valence electrons. The number of aliphatic hydroxyl groups is 1. The summed E-state index contributed by atoms with van der Waals surface area (Å²) < 4.78 is 0. The molecular weight excluding hydrogens is 364 g/mol. The van der Waals surface area contributed by atoms with E-state index in [1.807, 2.05) is 27.7 Å². The van der Waals surface area contributed by atoms with Crippen molar-refractivity contribution in [3.8, 4) is 0 Å².